The van der Waals surface area contributed by atoms with Crippen molar-refractivity contribution in [2.24, 2.45) is 0 Å². The van der Waals surface area contributed by atoms with Crippen LogP contribution in [0.3, 0.4) is 0 Å². The van der Waals surface area contributed by atoms with Gasteiger partial charge in [0.25, 0.3) is 0 Å². The molecule has 5 nitrogen and oxygen atoms in total. The first-order valence-corrected chi connectivity index (χ1v) is 8.70. The van der Waals surface area contributed by atoms with Crippen molar-refractivity contribution in [3.05, 3.63) is 10.4 Å². The molecule has 6 heteroatoms. The van der Waals surface area contributed by atoms with Gasteiger partial charge in [0.15, 0.2) is 0 Å². The maximum atomic E-state index is 4.87. The van der Waals surface area contributed by atoms with E-state index in [1.807, 2.05) is 11.3 Å². The van der Waals surface area contributed by atoms with Gasteiger partial charge in [0.1, 0.15) is 10.6 Å². The number of thiophene rings is 1. The Balaban J connectivity index is 1.82. The molecule has 0 spiro atoms. The minimum Gasteiger partial charge on any atom is -0.370 e. The Bertz CT molecular complexity index is 660. The minimum absolute atomic E-state index is 0.889. The van der Waals surface area contributed by atoms with Crippen molar-refractivity contribution in [2.45, 2.75) is 26.2 Å². The van der Waals surface area contributed by atoms with E-state index in [1.54, 1.807) is 0 Å². The van der Waals surface area contributed by atoms with E-state index in [0.717, 1.165) is 44.5 Å². The highest BCUT2D eigenvalue weighted by Crippen LogP contribution is 2.40. The second kappa shape index (κ2) is 5.42. The molecule has 0 unspecified atom stereocenters. The lowest BCUT2D eigenvalue weighted by atomic mass is 10.2. The number of anilines is 2. The number of hydrogen-bond acceptors (Lipinski definition) is 6. The average molecular weight is 303 g/mol. The van der Waals surface area contributed by atoms with Crippen LogP contribution in [-0.4, -0.2) is 42.7 Å². The van der Waals surface area contributed by atoms with Crippen LogP contribution < -0.4 is 15.5 Å². The van der Waals surface area contributed by atoms with Crippen LogP contribution >= 0.6 is 11.3 Å². The van der Waals surface area contributed by atoms with Gasteiger partial charge in [0.2, 0.25) is 5.95 Å². The molecule has 1 aliphatic carbocycles. The second-order valence-corrected chi connectivity index (χ2v) is 6.76. The van der Waals surface area contributed by atoms with Crippen LogP contribution in [0.5, 0.6) is 0 Å². The number of hydrogen-bond donors (Lipinski definition) is 2. The van der Waals surface area contributed by atoms with Crippen LogP contribution in [0.4, 0.5) is 11.8 Å². The molecule has 2 aromatic heterocycles. The van der Waals surface area contributed by atoms with Crippen LogP contribution in [0, 0.1) is 0 Å². The highest BCUT2D eigenvalue weighted by molar-refractivity contribution is 7.19. The van der Waals surface area contributed by atoms with E-state index in [9.17, 15) is 0 Å². The second-order valence-electron chi connectivity index (χ2n) is 5.68. The highest BCUT2D eigenvalue weighted by atomic mass is 32.1. The fourth-order valence-electron chi connectivity index (χ4n) is 3.29. The van der Waals surface area contributed by atoms with Crippen LogP contribution in [0.15, 0.2) is 0 Å². The Morgan fingerprint density at radius 2 is 2.10 bits per heavy atom. The standard InChI is InChI=1S/C15H21N5S/c1-2-17-13-12-10-4-3-5-11(10)21-14(12)19-15(18-13)20-8-6-16-7-9-20/h16H,2-9H2,1H3,(H,17,18,19). The fourth-order valence-corrected chi connectivity index (χ4v) is 4.54. The normalized spacial score (nSPS) is 18.2. The Morgan fingerprint density at radius 3 is 2.90 bits per heavy atom. The Kier molecular flexibility index (Phi) is 3.43. The van der Waals surface area contributed by atoms with Gasteiger partial charge in [0, 0.05) is 37.6 Å². The van der Waals surface area contributed by atoms with Gasteiger partial charge >= 0.3 is 0 Å². The summed E-state index contributed by atoms with van der Waals surface area (Å²) in [5.41, 5.74) is 1.50. The van der Waals surface area contributed by atoms with Crippen molar-refractivity contribution >= 4 is 33.3 Å². The summed E-state index contributed by atoms with van der Waals surface area (Å²) in [7, 11) is 0. The van der Waals surface area contributed by atoms with Gasteiger partial charge < -0.3 is 15.5 Å². The molecule has 0 aromatic carbocycles. The summed E-state index contributed by atoms with van der Waals surface area (Å²) in [5, 5.41) is 8.13. The zero-order valence-electron chi connectivity index (χ0n) is 12.4. The van der Waals surface area contributed by atoms with Gasteiger partial charge in [-0.05, 0) is 31.7 Å². The quantitative estimate of drug-likeness (QED) is 0.908. The van der Waals surface area contributed by atoms with E-state index >= 15 is 0 Å². The summed E-state index contributed by atoms with van der Waals surface area (Å²) in [5.74, 6) is 1.93. The van der Waals surface area contributed by atoms with Gasteiger partial charge in [0.05, 0.1) is 5.39 Å². The van der Waals surface area contributed by atoms with Crippen molar-refractivity contribution in [1.29, 1.82) is 0 Å². The third kappa shape index (κ3) is 2.26. The summed E-state index contributed by atoms with van der Waals surface area (Å²) in [6.07, 6.45) is 3.68. The molecule has 112 valence electrons. The van der Waals surface area contributed by atoms with Gasteiger partial charge in [-0.15, -0.1) is 11.3 Å². The first kappa shape index (κ1) is 13.3. The number of piperazine rings is 1. The van der Waals surface area contributed by atoms with Crippen molar-refractivity contribution in [3.8, 4) is 0 Å². The maximum Gasteiger partial charge on any atom is 0.228 e. The molecule has 3 heterocycles. The SMILES string of the molecule is CCNc1nc(N2CCNCC2)nc2sc3c(c12)CCC3. The third-order valence-electron chi connectivity index (χ3n) is 4.30. The zero-order valence-corrected chi connectivity index (χ0v) is 13.2. The smallest absolute Gasteiger partial charge is 0.228 e. The number of fused-ring (bicyclic) bond motifs is 3. The number of nitrogens with one attached hydrogen (secondary N) is 2. The highest BCUT2D eigenvalue weighted by Gasteiger charge is 2.23. The molecule has 0 atom stereocenters. The minimum atomic E-state index is 0.889. The molecule has 0 bridgehead atoms. The molecule has 1 saturated heterocycles. The molecular formula is C15H21N5S. The Labute approximate surface area is 128 Å². The van der Waals surface area contributed by atoms with Crippen molar-refractivity contribution in [2.75, 3.05) is 42.9 Å². The van der Waals surface area contributed by atoms with E-state index in [0.29, 0.717) is 0 Å². The van der Waals surface area contributed by atoms with Gasteiger partial charge in [-0.1, -0.05) is 0 Å². The lowest BCUT2D eigenvalue weighted by Crippen LogP contribution is -2.44. The van der Waals surface area contributed by atoms with Gasteiger partial charge in [-0.3, -0.25) is 0 Å². The van der Waals surface area contributed by atoms with Gasteiger partial charge in [-0.2, -0.15) is 4.98 Å². The first-order valence-electron chi connectivity index (χ1n) is 7.88. The lowest BCUT2D eigenvalue weighted by molar-refractivity contribution is 0.581. The monoisotopic (exact) mass is 303 g/mol. The maximum absolute atomic E-state index is 4.87. The van der Waals surface area contributed by atoms with Crippen molar-refractivity contribution < 1.29 is 0 Å². The molecule has 1 fully saturated rings. The number of aromatic nitrogens is 2. The molecule has 4 rings (SSSR count). The Hall–Kier alpha value is -1.40. The van der Waals surface area contributed by atoms with Crippen molar-refractivity contribution in [1.82, 2.24) is 15.3 Å². The largest absolute Gasteiger partial charge is 0.370 e. The number of aryl methyl sites for hydroxylation is 2. The van der Waals surface area contributed by atoms with Crippen molar-refractivity contribution in [3.63, 3.8) is 0 Å². The lowest BCUT2D eigenvalue weighted by Gasteiger charge is -2.27. The molecule has 2 aliphatic rings. The van der Waals surface area contributed by atoms with E-state index in [4.69, 9.17) is 9.97 Å². The zero-order chi connectivity index (χ0) is 14.2. The summed E-state index contributed by atoms with van der Waals surface area (Å²) in [6, 6.07) is 0. The fraction of sp³-hybridized carbons (Fsp3) is 0.600. The first-order chi connectivity index (χ1) is 10.4. The Morgan fingerprint density at radius 1 is 1.24 bits per heavy atom. The summed E-state index contributed by atoms with van der Waals surface area (Å²) >= 11 is 1.87. The molecular weight excluding hydrogens is 282 g/mol. The van der Waals surface area contributed by atoms with Crippen LogP contribution in [-0.2, 0) is 12.8 Å². The predicted octanol–water partition coefficient (Wildman–Crippen LogP) is 2.02. The number of rotatable bonds is 3. The summed E-state index contributed by atoms with van der Waals surface area (Å²) < 4.78 is 0. The molecule has 0 radical (unpaired) electrons. The van der Waals surface area contributed by atoms with Crippen LogP contribution in [0.2, 0.25) is 0 Å². The van der Waals surface area contributed by atoms with E-state index in [-0.39, 0.29) is 0 Å². The van der Waals surface area contributed by atoms with E-state index in [2.05, 4.69) is 22.5 Å². The summed E-state index contributed by atoms with van der Waals surface area (Å²) in [4.78, 5) is 14.7. The third-order valence-corrected chi connectivity index (χ3v) is 5.48. The summed E-state index contributed by atoms with van der Waals surface area (Å²) in [6.45, 7) is 7.03. The van der Waals surface area contributed by atoms with E-state index < -0.39 is 0 Å². The molecule has 2 N–H and O–H groups in total. The molecule has 21 heavy (non-hydrogen) atoms. The number of nitrogens with zero attached hydrogens (tertiary/aromatic N) is 3. The van der Waals surface area contributed by atoms with Gasteiger partial charge in [-0.25, -0.2) is 4.98 Å². The molecule has 0 saturated carbocycles. The van der Waals surface area contributed by atoms with E-state index in [1.165, 1.54) is 39.9 Å². The van der Waals surface area contributed by atoms with Crippen LogP contribution in [0.1, 0.15) is 23.8 Å². The molecule has 2 aromatic rings. The average Bonchev–Trinajstić information content (AvgIpc) is 3.08. The predicted molar refractivity (Wildman–Crippen MR) is 88.7 cm³/mol. The topological polar surface area (TPSA) is 53.1 Å². The molecule has 0 amide bonds. The molecule has 1 aliphatic heterocycles. The van der Waals surface area contributed by atoms with Crippen LogP contribution in [0.25, 0.3) is 10.2 Å².